The summed E-state index contributed by atoms with van der Waals surface area (Å²) in [5.74, 6) is 1.29. The third-order valence-corrected chi connectivity index (χ3v) is 4.37. The van der Waals surface area contributed by atoms with Gasteiger partial charge in [-0.1, -0.05) is 12.1 Å². The SMILES string of the molecule is CCOc1cccc(C(CN)Cc2sccc2C)c1. The van der Waals surface area contributed by atoms with E-state index < -0.39 is 0 Å². The quantitative estimate of drug-likeness (QED) is 0.871. The average Bonchev–Trinajstić information content (AvgIpc) is 2.82. The van der Waals surface area contributed by atoms with Gasteiger partial charge in [0.1, 0.15) is 5.75 Å². The molecule has 0 aliphatic carbocycles. The molecule has 0 bridgehead atoms. The Labute approximate surface area is 119 Å². The van der Waals surface area contributed by atoms with Crippen LogP contribution in [0.15, 0.2) is 35.7 Å². The summed E-state index contributed by atoms with van der Waals surface area (Å²) in [7, 11) is 0. The van der Waals surface area contributed by atoms with E-state index >= 15 is 0 Å². The number of nitrogens with two attached hydrogens (primary N) is 1. The Bertz CT molecular complexity index is 521. The van der Waals surface area contributed by atoms with E-state index in [1.54, 1.807) is 0 Å². The molecule has 3 heteroatoms. The van der Waals surface area contributed by atoms with Gasteiger partial charge in [0.15, 0.2) is 0 Å². The van der Waals surface area contributed by atoms with Crippen LogP contribution in [0.3, 0.4) is 0 Å². The molecule has 2 rings (SSSR count). The fourth-order valence-corrected chi connectivity index (χ4v) is 3.19. The lowest BCUT2D eigenvalue weighted by Gasteiger charge is -2.16. The van der Waals surface area contributed by atoms with E-state index in [-0.39, 0.29) is 0 Å². The minimum atomic E-state index is 0.359. The van der Waals surface area contributed by atoms with Crippen LogP contribution in [0, 0.1) is 6.92 Å². The number of ether oxygens (including phenoxy) is 1. The molecule has 0 radical (unpaired) electrons. The number of hydrogen-bond acceptors (Lipinski definition) is 3. The van der Waals surface area contributed by atoms with Crippen molar-refractivity contribution >= 4 is 11.3 Å². The molecule has 0 saturated carbocycles. The highest BCUT2D eigenvalue weighted by atomic mass is 32.1. The lowest BCUT2D eigenvalue weighted by atomic mass is 9.94. The Morgan fingerprint density at radius 1 is 1.32 bits per heavy atom. The van der Waals surface area contributed by atoms with Gasteiger partial charge in [0, 0.05) is 10.8 Å². The van der Waals surface area contributed by atoms with E-state index in [0.717, 1.165) is 12.2 Å². The summed E-state index contributed by atoms with van der Waals surface area (Å²) in [6.45, 7) is 5.52. The van der Waals surface area contributed by atoms with E-state index in [2.05, 4.69) is 30.5 Å². The van der Waals surface area contributed by atoms with Gasteiger partial charge >= 0.3 is 0 Å². The summed E-state index contributed by atoms with van der Waals surface area (Å²) in [5.41, 5.74) is 8.59. The molecule has 0 aliphatic heterocycles. The third kappa shape index (κ3) is 3.58. The number of thiophene rings is 1. The maximum atomic E-state index is 5.96. The highest BCUT2D eigenvalue weighted by Gasteiger charge is 2.13. The second-order valence-electron chi connectivity index (χ2n) is 4.67. The Morgan fingerprint density at radius 3 is 2.79 bits per heavy atom. The van der Waals surface area contributed by atoms with Crippen molar-refractivity contribution in [1.82, 2.24) is 0 Å². The molecule has 0 saturated heterocycles. The summed E-state index contributed by atoms with van der Waals surface area (Å²) < 4.78 is 5.56. The summed E-state index contributed by atoms with van der Waals surface area (Å²) in [5, 5.41) is 2.15. The maximum absolute atomic E-state index is 5.96. The number of aryl methyl sites for hydroxylation is 1. The predicted octanol–water partition coefficient (Wildman–Crippen LogP) is 3.74. The number of hydrogen-bond donors (Lipinski definition) is 1. The molecule has 0 aliphatic rings. The van der Waals surface area contributed by atoms with Crippen LogP contribution >= 0.6 is 11.3 Å². The standard InChI is InChI=1S/C16H21NOS/c1-3-18-15-6-4-5-13(9-15)14(11-17)10-16-12(2)7-8-19-16/h4-9,14H,3,10-11,17H2,1-2H3. The first-order chi connectivity index (χ1) is 9.24. The average molecular weight is 275 g/mol. The highest BCUT2D eigenvalue weighted by molar-refractivity contribution is 7.10. The fourth-order valence-electron chi connectivity index (χ4n) is 2.20. The molecule has 2 aromatic rings. The molecule has 0 fully saturated rings. The zero-order valence-electron chi connectivity index (χ0n) is 11.6. The lowest BCUT2D eigenvalue weighted by molar-refractivity contribution is 0.339. The fraction of sp³-hybridized carbons (Fsp3) is 0.375. The molecule has 1 unspecified atom stereocenters. The van der Waals surface area contributed by atoms with Gasteiger partial charge in [0.2, 0.25) is 0 Å². The van der Waals surface area contributed by atoms with E-state index in [1.807, 2.05) is 30.4 Å². The van der Waals surface area contributed by atoms with Crippen LogP contribution in [-0.2, 0) is 6.42 Å². The molecule has 1 aromatic carbocycles. The van der Waals surface area contributed by atoms with Crippen LogP contribution in [0.4, 0.5) is 0 Å². The van der Waals surface area contributed by atoms with Gasteiger partial charge in [0.25, 0.3) is 0 Å². The molecule has 2 nitrogen and oxygen atoms in total. The molecule has 102 valence electrons. The van der Waals surface area contributed by atoms with Crippen LogP contribution in [0.1, 0.15) is 28.8 Å². The molecule has 1 heterocycles. The summed E-state index contributed by atoms with van der Waals surface area (Å²) >= 11 is 1.82. The van der Waals surface area contributed by atoms with Crippen LogP contribution in [-0.4, -0.2) is 13.2 Å². The van der Waals surface area contributed by atoms with E-state index in [1.165, 1.54) is 16.0 Å². The first-order valence-corrected chi connectivity index (χ1v) is 7.58. The summed E-state index contributed by atoms with van der Waals surface area (Å²) in [6, 6.07) is 10.5. The van der Waals surface area contributed by atoms with Crippen molar-refractivity contribution in [2.75, 3.05) is 13.2 Å². The van der Waals surface area contributed by atoms with Crippen molar-refractivity contribution in [3.05, 3.63) is 51.7 Å². The van der Waals surface area contributed by atoms with Crippen LogP contribution < -0.4 is 10.5 Å². The van der Waals surface area contributed by atoms with Gasteiger partial charge in [-0.25, -0.2) is 0 Å². The first kappa shape index (κ1) is 14.1. The number of benzene rings is 1. The van der Waals surface area contributed by atoms with Crippen molar-refractivity contribution in [2.45, 2.75) is 26.2 Å². The molecule has 2 N–H and O–H groups in total. The van der Waals surface area contributed by atoms with Crippen molar-refractivity contribution < 1.29 is 4.74 Å². The zero-order chi connectivity index (χ0) is 13.7. The van der Waals surface area contributed by atoms with E-state index in [9.17, 15) is 0 Å². The van der Waals surface area contributed by atoms with Crippen LogP contribution in [0.25, 0.3) is 0 Å². The van der Waals surface area contributed by atoms with Gasteiger partial charge in [-0.15, -0.1) is 11.3 Å². The van der Waals surface area contributed by atoms with Crippen LogP contribution in [0.2, 0.25) is 0 Å². The van der Waals surface area contributed by atoms with Gasteiger partial charge in [-0.2, -0.15) is 0 Å². The Kier molecular flexibility index (Phi) is 5.00. The first-order valence-electron chi connectivity index (χ1n) is 6.70. The van der Waals surface area contributed by atoms with E-state index in [4.69, 9.17) is 10.5 Å². The minimum absolute atomic E-state index is 0.359. The second kappa shape index (κ2) is 6.73. The molecular formula is C16H21NOS. The topological polar surface area (TPSA) is 35.2 Å². The van der Waals surface area contributed by atoms with Crippen molar-refractivity contribution in [3.63, 3.8) is 0 Å². The van der Waals surface area contributed by atoms with Gasteiger partial charge in [0.05, 0.1) is 6.61 Å². The highest BCUT2D eigenvalue weighted by Crippen LogP contribution is 2.27. The Morgan fingerprint density at radius 2 is 2.16 bits per heavy atom. The summed E-state index contributed by atoms with van der Waals surface area (Å²) in [4.78, 5) is 1.43. The smallest absolute Gasteiger partial charge is 0.119 e. The normalized spacial score (nSPS) is 12.4. The van der Waals surface area contributed by atoms with Gasteiger partial charge in [-0.3, -0.25) is 0 Å². The minimum Gasteiger partial charge on any atom is -0.494 e. The van der Waals surface area contributed by atoms with Crippen molar-refractivity contribution in [3.8, 4) is 5.75 Å². The zero-order valence-corrected chi connectivity index (χ0v) is 12.4. The van der Waals surface area contributed by atoms with Crippen molar-refractivity contribution in [2.24, 2.45) is 5.73 Å². The lowest BCUT2D eigenvalue weighted by Crippen LogP contribution is -2.15. The van der Waals surface area contributed by atoms with Crippen LogP contribution in [0.5, 0.6) is 5.75 Å². The molecule has 0 spiro atoms. The Hall–Kier alpha value is -1.32. The molecule has 1 aromatic heterocycles. The largest absolute Gasteiger partial charge is 0.494 e. The Balaban J connectivity index is 2.17. The molecule has 1 atom stereocenters. The van der Waals surface area contributed by atoms with Gasteiger partial charge in [-0.05, 0) is 61.5 Å². The number of rotatable bonds is 6. The van der Waals surface area contributed by atoms with Crippen molar-refractivity contribution in [1.29, 1.82) is 0 Å². The second-order valence-corrected chi connectivity index (χ2v) is 5.67. The molecule has 0 amide bonds. The third-order valence-electron chi connectivity index (χ3n) is 3.32. The molecular weight excluding hydrogens is 254 g/mol. The van der Waals surface area contributed by atoms with Gasteiger partial charge < -0.3 is 10.5 Å². The predicted molar refractivity (Wildman–Crippen MR) is 82.2 cm³/mol. The molecule has 19 heavy (non-hydrogen) atoms. The monoisotopic (exact) mass is 275 g/mol. The van der Waals surface area contributed by atoms with E-state index in [0.29, 0.717) is 19.1 Å². The summed E-state index contributed by atoms with van der Waals surface area (Å²) in [6.07, 6.45) is 1.01. The maximum Gasteiger partial charge on any atom is 0.119 e.